The number of nitrogens with one attached hydrogen (secondary N) is 3. The lowest BCUT2D eigenvalue weighted by Crippen LogP contribution is -2.18. The van der Waals surface area contributed by atoms with Crippen molar-refractivity contribution in [2.24, 2.45) is 0 Å². The van der Waals surface area contributed by atoms with Crippen molar-refractivity contribution in [1.82, 2.24) is 25.4 Å². The molecule has 174 valence electrons. The number of halogens is 1. The van der Waals surface area contributed by atoms with Crippen LogP contribution in [0.3, 0.4) is 0 Å². The van der Waals surface area contributed by atoms with Gasteiger partial charge in [0.15, 0.2) is 0 Å². The maximum absolute atomic E-state index is 11.9. The van der Waals surface area contributed by atoms with Crippen LogP contribution in [0.1, 0.15) is 27.9 Å². The zero-order chi connectivity index (χ0) is 24.1. The number of hydrogen-bond donors (Lipinski definition) is 4. The van der Waals surface area contributed by atoms with E-state index in [9.17, 15) is 9.90 Å². The van der Waals surface area contributed by atoms with E-state index in [2.05, 4.69) is 36.1 Å². The topological polar surface area (TPSA) is 138 Å². The smallest absolute Gasteiger partial charge is 0.252 e. The maximum atomic E-state index is 11.9. The van der Waals surface area contributed by atoms with Gasteiger partial charge in [-0.15, -0.1) is 0 Å². The highest BCUT2D eigenvalue weighted by Crippen LogP contribution is 2.29. The molecule has 1 amide bonds. The Morgan fingerprint density at radius 3 is 2.62 bits per heavy atom. The molecule has 4 rings (SSSR count). The third-order valence-electron chi connectivity index (χ3n) is 4.95. The summed E-state index contributed by atoms with van der Waals surface area (Å²) in [5, 5.41) is 23.1. The summed E-state index contributed by atoms with van der Waals surface area (Å²) >= 11 is 6.25. The predicted octanol–water partition coefficient (Wildman–Crippen LogP) is 3.74. The van der Waals surface area contributed by atoms with Crippen molar-refractivity contribution >= 4 is 35.0 Å². The van der Waals surface area contributed by atoms with E-state index in [4.69, 9.17) is 16.1 Å². The average Bonchev–Trinajstić information content (AvgIpc) is 3.28. The Bertz CT molecular complexity index is 1300. The van der Waals surface area contributed by atoms with E-state index in [1.165, 1.54) is 7.05 Å². The van der Waals surface area contributed by atoms with Gasteiger partial charge in [0.1, 0.15) is 5.82 Å². The molecular weight excluding hydrogens is 458 g/mol. The first-order chi connectivity index (χ1) is 16.5. The van der Waals surface area contributed by atoms with Gasteiger partial charge in [-0.2, -0.15) is 9.97 Å². The van der Waals surface area contributed by atoms with Crippen molar-refractivity contribution in [2.45, 2.75) is 13.0 Å². The number of nitrogens with zero attached hydrogens (tertiary/aromatic N) is 4. The van der Waals surface area contributed by atoms with Gasteiger partial charge in [-0.05, 0) is 23.8 Å². The SMILES string of the molecule is CNC(=O)c1ccc(Nc2ncc(-c3noc(C)n3)c(N[C@H](CO)c3ccccc3)n2)cc1Cl. The standard InChI is InChI=1S/C23H22ClN7O3/c1-13-27-21(31-34-13)17-11-26-23(28-15-8-9-16(18(24)10-15)22(33)25-2)30-20(17)29-19(12-32)14-6-4-3-5-7-14/h3-11,19,32H,12H2,1-2H3,(H,25,33)(H2,26,28,29,30)/t19-/m1/s1. The molecule has 2 aromatic carbocycles. The summed E-state index contributed by atoms with van der Waals surface area (Å²) in [6, 6.07) is 14.0. The first-order valence-electron chi connectivity index (χ1n) is 10.4. The van der Waals surface area contributed by atoms with Gasteiger partial charge in [-0.1, -0.05) is 47.1 Å². The van der Waals surface area contributed by atoms with Crippen LogP contribution >= 0.6 is 11.6 Å². The number of aliphatic hydroxyl groups is 1. The Labute approximate surface area is 200 Å². The van der Waals surface area contributed by atoms with Crippen LogP contribution in [0.4, 0.5) is 17.5 Å². The molecular formula is C23H22ClN7O3. The van der Waals surface area contributed by atoms with Crippen molar-refractivity contribution in [2.75, 3.05) is 24.3 Å². The van der Waals surface area contributed by atoms with E-state index in [0.717, 1.165) is 5.56 Å². The van der Waals surface area contributed by atoms with Crippen LogP contribution in [0.25, 0.3) is 11.4 Å². The molecule has 0 fully saturated rings. The fraction of sp³-hybridized carbons (Fsp3) is 0.174. The number of hydrogen-bond acceptors (Lipinski definition) is 9. The summed E-state index contributed by atoms with van der Waals surface area (Å²) in [5.74, 6) is 1.09. The molecule has 0 unspecified atom stereocenters. The van der Waals surface area contributed by atoms with Crippen LogP contribution in [0, 0.1) is 6.92 Å². The van der Waals surface area contributed by atoms with Crippen LogP contribution in [0.5, 0.6) is 0 Å². The van der Waals surface area contributed by atoms with Crippen molar-refractivity contribution in [3.63, 3.8) is 0 Å². The minimum Gasteiger partial charge on any atom is -0.394 e. The second-order valence-corrected chi connectivity index (χ2v) is 7.69. The van der Waals surface area contributed by atoms with Gasteiger partial charge in [-0.3, -0.25) is 4.79 Å². The average molecular weight is 480 g/mol. The van der Waals surface area contributed by atoms with E-state index in [-0.39, 0.29) is 23.5 Å². The fourth-order valence-corrected chi connectivity index (χ4v) is 3.52. The Morgan fingerprint density at radius 2 is 1.97 bits per heavy atom. The van der Waals surface area contributed by atoms with Gasteiger partial charge in [0.25, 0.3) is 5.91 Å². The number of aromatic nitrogens is 4. The molecule has 4 N–H and O–H groups in total. The molecule has 0 aliphatic heterocycles. The number of anilines is 3. The Balaban J connectivity index is 1.67. The summed E-state index contributed by atoms with van der Waals surface area (Å²) in [4.78, 5) is 25.1. The molecule has 1 atom stereocenters. The number of rotatable bonds is 8. The zero-order valence-corrected chi connectivity index (χ0v) is 19.2. The summed E-state index contributed by atoms with van der Waals surface area (Å²) in [7, 11) is 1.54. The number of carbonyl (C=O) groups excluding carboxylic acids is 1. The minimum atomic E-state index is -0.433. The second kappa shape index (κ2) is 10.3. The Hall–Kier alpha value is -4.02. The highest BCUT2D eigenvalue weighted by molar-refractivity contribution is 6.34. The molecule has 0 radical (unpaired) electrons. The van der Waals surface area contributed by atoms with E-state index in [0.29, 0.717) is 34.3 Å². The van der Waals surface area contributed by atoms with Gasteiger partial charge >= 0.3 is 0 Å². The van der Waals surface area contributed by atoms with Crippen LogP contribution < -0.4 is 16.0 Å². The minimum absolute atomic E-state index is 0.169. The van der Waals surface area contributed by atoms with E-state index in [1.54, 1.807) is 31.3 Å². The highest BCUT2D eigenvalue weighted by atomic mass is 35.5. The molecule has 0 spiro atoms. The highest BCUT2D eigenvalue weighted by Gasteiger charge is 2.19. The second-order valence-electron chi connectivity index (χ2n) is 7.28. The Kier molecular flexibility index (Phi) is 7.00. The summed E-state index contributed by atoms with van der Waals surface area (Å²) in [6.45, 7) is 1.52. The fourth-order valence-electron chi connectivity index (χ4n) is 3.25. The van der Waals surface area contributed by atoms with Gasteiger partial charge in [0, 0.05) is 25.9 Å². The van der Waals surface area contributed by atoms with Crippen molar-refractivity contribution in [3.8, 4) is 11.4 Å². The van der Waals surface area contributed by atoms with Crippen molar-refractivity contribution < 1.29 is 14.4 Å². The summed E-state index contributed by atoms with van der Waals surface area (Å²) < 4.78 is 5.11. The monoisotopic (exact) mass is 479 g/mol. The zero-order valence-electron chi connectivity index (χ0n) is 18.4. The van der Waals surface area contributed by atoms with Gasteiger partial charge in [0.2, 0.25) is 17.7 Å². The van der Waals surface area contributed by atoms with Gasteiger partial charge in [-0.25, -0.2) is 4.98 Å². The molecule has 11 heteroatoms. The molecule has 0 bridgehead atoms. The lowest BCUT2D eigenvalue weighted by atomic mass is 10.1. The van der Waals surface area contributed by atoms with Crippen molar-refractivity contribution in [1.29, 1.82) is 0 Å². The number of aliphatic hydroxyl groups excluding tert-OH is 1. The molecule has 34 heavy (non-hydrogen) atoms. The molecule has 0 saturated heterocycles. The number of amides is 1. The van der Waals surface area contributed by atoms with Crippen LogP contribution in [-0.2, 0) is 0 Å². The molecule has 0 aliphatic rings. The lowest BCUT2D eigenvalue weighted by molar-refractivity contribution is 0.0963. The van der Waals surface area contributed by atoms with Crippen LogP contribution in [-0.4, -0.2) is 44.8 Å². The predicted molar refractivity (Wildman–Crippen MR) is 128 cm³/mol. The lowest BCUT2D eigenvalue weighted by Gasteiger charge is -2.19. The van der Waals surface area contributed by atoms with Gasteiger partial charge < -0.3 is 25.6 Å². The molecule has 4 aromatic rings. The molecule has 2 aromatic heterocycles. The third kappa shape index (κ3) is 5.13. The molecule has 0 aliphatic carbocycles. The van der Waals surface area contributed by atoms with E-state index in [1.807, 2.05) is 30.3 Å². The first-order valence-corrected chi connectivity index (χ1v) is 10.7. The van der Waals surface area contributed by atoms with Crippen molar-refractivity contribution in [3.05, 3.63) is 76.8 Å². The third-order valence-corrected chi connectivity index (χ3v) is 5.26. The van der Waals surface area contributed by atoms with Crippen LogP contribution in [0.15, 0.2) is 59.3 Å². The Morgan fingerprint density at radius 1 is 1.18 bits per heavy atom. The van der Waals surface area contributed by atoms with Crippen LogP contribution in [0.2, 0.25) is 5.02 Å². The molecule has 0 saturated carbocycles. The number of aryl methyl sites for hydroxylation is 1. The largest absolute Gasteiger partial charge is 0.394 e. The summed E-state index contributed by atoms with van der Waals surface area (Å²) in [6.07, 6.45) is 1.56. The quantitative estimate of drug-likeness (QED) is 0.297. The summed E-state index contributed by atoms with van der Waals surface area (Å²) in [5.41, 5.74) is 2.33. The normalized spacial score (nSPS) is 11.6. The first kappa shape index (κ1) is 23.1. The maximum Gasteiger partial charge on any atom is 0.252 e. The van der Waals surface area contributed by atoms with E-state index < -0.39 is 6.04 Å². The number of benzene rings is 2. The molecule has 2 heterocycles. The number of carbonyl (C=O) groups is 1. The van der Waals surface area contributed by atoms with E-state index >= 15 is 0 Å². The molecule has 10 nitrogen and oxygen atoms in total. The van der Waals surface area contributed by atoms with Gasteiger partial charge in [0.05, 0.1) is 28.8 Å².